The molecule has 0 atom stereocenters. The number of hydrogen-bond acceptors (Lipinski definition) is 4. The largest absolute Gasteiger partial charge is 0.497 e. The molecule has 0 aliphatic carbocycles. The Morgan fingerprint density at radius 3 is 1.54 bits per heavy atom. The van der Waals surface area contributed by atoms with Gasteiger partial charge in [0.1, 0.15) is 35.0 Å². The molecule has 0 saturated heterocycles. The van der Waals surface area contributed by atoms with E-state index in [1.54, 1.807) is 14.2 Å². The number of rotatable bonds is 5. The van der Waals surface area contributed by atoms with E-state index >= 15 is 0 Å². The van der Waals surface area contributed by atoms with Crippen LogP contribution in [0.3, 0.4) is 0 Å². The van der Waals surface area contributed by atoms with Crippen molar-refractivity contribution in [3.63, 3.8) is 0 Å². The van der Waals surface area contributed by atoms with E-state index in [1.807, 2.05) is 34.8 Å². The first-order chi connectivity index (χ1) is 12.6. The number of methoxy groups -OCH3 is 2. The van der Waals surface area contributed by atoms with Crippen molar-refractivity contribution in [2.24, 2.45) is 14.1 Å². The van der Waals surface area contributed by atoms with Crippen LogP contribution in [0, 0.1) is 0 Å². The van der Waals surface area contributed by atoms with Crippen LogP contribution in [0.15, 0.2) is 36.4 Å². The van der Waals surface area contributed by atoms with Crippen LogP contribution in [-0.2, 0) is 26.9 Å². The molecule has 2 aromatic heterocycles. The van der Waals surface area contributed by atoms with E-state index in [9.17, 15) is 0 Å². The fourth-order valence-electron chi connectivity index (χ4n) is 3.27. The molecule has 26 heavy (non-hydrogen) atoms. The lowest BCUT2D eigenvalue weighted by molar-refractivity contribution is -0.652. The van der Waals surface area contributed by atoms with Gasteiger partial charge in [0.2, 0.25) is 21.0 Å². The van der Waals surface area contributed by atoms with Crippen molar-refractivity contribution >= 4 is 43.1 Å². The molecule has 0 spiro atoms. The van der Waals surface area contributed by atoms with Gasteiger partial charge in [-0.1, -0.05) is 22.7 Å². The van der Waals surface area contributed by atoms with Crippen LogP contribution in [0.2, 0.25) is 0 Å². The molecule has 2 aromatic carbocycles. The summed E-state index contributed by atoms with van der Waals surface area (Å²) in [6.07, 6.45) is 2.05. The van der Waals surface area contributed by atoms with Crippen LogP contribution in [0.5, 0.6) is 11.5 Å². The number of ether oxygens (including phenoxy) is 2. The highest BCUT2D eigenvalue weighted by atomic mass is 32.1. The molecule has 4 aromatic rings. The van der Waals surface area contributed by atoms with Gasteiger partial charge >= 0.3 is 0 Å². The summed E-state index contributed by atoms with van der Waals surface area (Å²) < 4.78 is 17.9. The molecular formula is C20H22N2O2S2+2. The first-order valence-electron chi connectivity index (χ1n) is 8.51. The Bertz CT molecular complexity index is 1010. The molecule has 0 amide bonds. The van der Waals surface area contributed by atoms with E-state index in [0.29, 0.717) is 0 Å². The number of aromatic nitrogens is 2. The van der Waals surface area contributed by atoms with E-state index < -0.39 is 0 Å². The van der Waals surface area contributed by atoms with Crippen molar-refractivity contribution < 1.29 is 18.6 Å². The number of thiazole rings is 2. The smallest absolute Gasteiger partial charge is 0.238 e. The van der Waals surface area contributed by atoms with Gasteiger partial charge in [-0.15, -0.1) is 0 Å². The van der Waals surface area contributed by atoms with Gasteiger partial charge < -0.3 is 9.47 Å². The highest BCUT2D eigenvalue weighted by Crippen LogP contribution is 2.28. The van der Waals surface area contributed by atoms with E-state index in [-0.39, 0.29) is 0 Å². The summed E-state index contributed by atoms with van der Waals surface area (Å²) in [6, 6.07) is 12.6. The molecule has 0 saturated carbocycles. The first kappa shape index (κ1) is 17.2. The maximum absolute atomic E-state index is 5.35. The zero-order chi connectivity index (χ0) is 18.3. The Morgan fingerprint density at radius 1 is 0.731 bits per heavy atom. The zero-order valence-corrected chi connectivity index (χ0v) is 17.0. The van der Waals surface area contributed by atoms with Crippen LogP contribution >= 0.6 is 22.7 Å². The maximum atomic E-state index is 5.35. The molecule has 2 heterocycles. The van der Waals surface area contributed by atoms with Gasteiger partial charge in [0.25, 0.3) is 0 Å². The van der Waals surface area contributed by atoms with E-state index in [1.165, 1.54) is 30.4 Å². The van der Waals surface area contributed by atoms with Gasteiger partial charge in [-0.2, -0.15) is 9.13 Å². The highest BCUT2D eigenvalue weighted by Gasteiger charge is 2.22. The van der Waals surface area contributed by atoms with Gasteiger partial charge in [-0.05, 0) is 12.1 Å². The van der Waals surface area contributed by atoms with Gasteiger partial charge in [-0.25, -0.2) is 0 Å². The Morgan fingerprint density at radius 2 is 1.15 bits per heavy atom. The number of fused-ring (bicyclic) bond motifs is 2. The van der Waals surface area contributed by atoms with Gasteiger partial charge in [0.05, 0.1) is 27.1 Å². The standard InChI is InChI=1S/C20H22N2O2S2/c1-21-15-7-5-13(23-3)11-17(15)25-19(21)9-10-20-22(2)16-8-6-14(24-4)12-18(16)26-20/h5-8,11-12H,9-10H2,1-4H3/q+2. The highest BCUT2D eigenvalue weighted by molar-refractivity contribution is 7.18. The normalized spacial score (nSPS) is 11.4. The predicted octanol–water partition coefficient (Wildman–Crippen LogP) is 3.57. The quantitative estimate of drug-likeness (QED) is 0.490. The van der Waals surface area contributed by atoms with E-state index in [2.05, 4.69) is 47.5 Å². The van der Waals surface area contributed by atoms with Crippen LogP contribution < -0.4 is 18.6 Å². The van der Waals surface area contributed by atoms with Crippen molar-refractivity contribution in [3.8, 4) is 11.5 Å². The molecule has 0 unspecified atom stereocenters. The Labute approximate surface area is 160 Å². The third-order valence-electron chi connectivity index (χ3n) is 4.81. The Hall–Kier alpha value is -2.18. The lowest BCUT2D eigenvalue weighted by Crippen LogP contribution is -2.33. The minimum atomic E-state index is 0.913. The predicted molar refractivity (Wildman–Crippen MR) is 107 cm³/mol. The second-order valence-electron chi connectivity index (χ2n) is 6.28. The summed E-state index contributed by atoms with van der Waals surface area (Å²) in [5.41, 5.74) is 2.52. The SMILES string of the molecule is COc1ccc2c(c1)sc(CCc1sc3cc(OC)ccc3[n+]1C)[n+]2C. The minimum Gasteiger partial charge on any atom is -0.497 e. The van der Waals surface area contributed by atoms with Gasteiger partial charge in [-0.3, -0.25) is 0 Å². The monoisotopic (exact) mass is 386 g/mol. The topological polar surface area (TPSA) is 26.2 Å². The molecule has 0 fully saturated rings. The summed E-state index contributed by atoms with van der Waals surface area (Å²) in [7, 11) is 7.73. The third-order valence-corrected chi connectivity index (χ3v) is 7.33. The maximum Gasteiger partial charge on any atom is 0.238 e. The number of aryl methyl sites for hydroxylation is 4. The molecular weight excluding hydrogens is 364 g/mol. The fourth-order valence-corrected chi connectivity index (χ4v) is 5.63. The molecule has 0 radical (unpaired) electrons. The molecule has 0 N–H and O–H groups in total. The molecule has 0 aliphatic rings. The summed E-state index contributed by atoms with van der Waals surface area (Å²) >= 11 is 3.70. The lowest BCUT2D eigenvalue weighted by atomic mass is 10.3. The van der Waals surface area contributed by atoms with Crippen LogP contribution in [0.4, 0.5) is 0 Å². The van der Waals surface area contributed by atoms with Crippen molar-refractivity contribution in [2.45, 2.75) is 12.8 Å². The molecule has 134 valence electrons. The van der Waals surface area contributed by atoms with E-state index in [4.69, 9.17) is 9.47 Å². The minimum absolute atomic E-state index is 0.913. The third kappa shape index (κ3) is 2.93. The van der Waals surface area contributed by atoms with Crippen molar-refractivity contribution in [1.82, 2.24) is 0 Å². The van der Waals surface area contributed by atoms with Gasteiger partial charge in [0.15, 0.2) is 0 Å². The summed E-state index contributed by atoms with van der Waals surface area (Å²) in [5.74, 6) is 1.83. The Balaban J connectivity index is 1.62. The second-order valence-corrected chi connectivity index (χ2v) is 8.51. The fraction of sp³-hybridized carbons (Fsp3) is 0.300. The van der Waals surface area contributed by atoms with E-state index in [0.717, 1.165) is 24.3 Å². The van der Waals surface area contributed by atoms with Crippen molar-refractivity contribution in [1.29, 1.82) is 0 Å². The second kappa shape index (κ2) is 6.85. The average Bonchev–Trinajstić information content (AvgIpc) is 3.16. The molecule has 6 heteroatoms. The lowest BCUT2D eigenvalue weighted by Gasteiger charge is -1.96. The molecule has 4 nitrogen and oxygen atoms in total. The van der Waals surface area contributed by atoms with Crippen molar-refractivity contribution in [3.05, 3.63) is 46.4 Å². The number of nitrogens with zero attached hydrogens (tertiary/aromatic N) is 2. The van der Waals surface area contributed by atoms with Crippen LogP contribution in [0.1, 0.15) is 10.0 Å². The molecule has 0 aliphatic heterocycles. The molecule has 4 rings (SSSR count). The average molecular weight is 387 g/mol. The zero-order valence-electron chi connectivity index (χ0n) is 15.4. The number of hydrogen-bond donors (Lipinski definition) is 0. The first-order valence-corrected chi connectivity index (χ1v) is 10.1. The summed E-state index contributed by atoms with van der Waals surface area (Å²) in [5, 5.41) is 2.76. The van der Waals surface area contributed by atoms with Crippen LogP contribution in [0.25, 0.3) is 20.4 Å². The van der Waals surface area contributed by atoms with Gasteiger partial charge in [0, 0.05) is 24.3 Å². The van der Waals surface area contributed by atoms with Crippen molar-refractivity contribution in [2.75, 3.05) is 14.2 Å². The summed E-state index contributed by atoms with van der Waals surface area (Å²) in [6.45, 7) is 0. The summed E-state index contributed by atoms with van der Waals surface area (Å²) in [4.78, 5) is 0. The number of benzene rings is 2. The van der Waals surface area contributed by atoms with Crippen LogP contribution in [-0.4, -0.2) is 14.2 Å². The Kier molecular flexibility index (Phi) is 4.54. The molecule has 0 bridgehead atoms.